The fourth-order valence-corrected chi connectivity index (χ4v) is 2.54. The average molecular weight is 273 g/mol. The summed E-state index contributed by atoms with van der Waals surface area (Å²) in [6.45, 7) is 0. The highest BCUT2D eigenvalue weighted by atomic mass is 35.5. The minimum Gasteiger partial charge on any atom is -0.507 e. The SMILES string of the molecule is COc1cc(O)c(C2(C(=O)O)CC2)c(Cl)c1OC. The minimum absolute atomic E-state index is 0.0919. The monoisotopic (exact) mass is 272 g/mol. The summed E-state index contributed by atoms with van der Waals surface area (Å²) in [4.78, 5) is 11.3. The largest absolute Gasteiger partial charge is 0.507 e. The first-order valence-electron chi connectivity index (χ1n) is 5.35. The molecular weight excluding hydrogens is 260 g/mol. The molecule has 1 saturated carbocycles. The Morgan fingerprint density at radius 3 is 2.39 bits per heavy atom. The Morgan fingerprint density at radius 2 is 2.00 bits per heavy atom. The third-order valence-corrected chi connectivity index (χ3v) is 3.59. The van der Waals surface area contributed by atoms with Gasteiger partial charge in [-0.1, -0.05) is 11.6 Å². The second kappa shape index (κ2) is 4.24. The van der Waals surface area contributed by atoms with Crippen LogP contribution in [0.1, 0.15) is 18.4 Å². The quantitative estimate of drug-likeness (QED) is 0.879. The van der Waals surface area contributed by atoms with Crippen molar-refractivity contribution in [3.8, 4) is 17.2 Å². The normalized spacial score (nSPS) is 16.2. The number of ether oxygens (including phenoxy) is 2. The van der Waals surface area contributed by atoms with Crippen LogP contribution >= 0.6 is 11.6 Å². The number of aromatic hydroxyl groups is 1. The number of aliphatic carboxylic acids is 1. The predicted octanol–water partition coefficient (Wildman–Crippen LogP) is 2.18. The van der Waals surface area contributed by atoms with Crippen molar-refractivity contribution in [1.29, 1.82) is 0 Å². The van der Waals surface area contributed by atoms with Gasteiger partial charge in [0.15, 0.2) is 11.5 Å². The number of carboxylic acid groups (broad SMARTS) is 1. The number of hydrogen-bond acceptors (Lipinski definition) is 4. The second-order valence-electron chi connectivity index (χ2n) is 4.21. The van der Waals surface area contributed by atoms with Crippen LogP contribution in [0, 0.1) is 0 Å². The molecule has 0 spiro atoms. The van der Waals surface area contributed by atoms with Crippen molar-refractivity contribution in [2.24, 2.45) is 0 Å². The van der Waals surface area contributed by atoms with E-state index in [9.17, 15) is 15.0 Å². The lowest BCUT2D eigenvalue weighted by Gasteiger charge is -2.18. The van der Waals surface area contributed by atoms with Crippen LogP contribution in [0.4, 0.5) is 0 Å². The van der Waals surface area contributed by atoms with E-state index in [1.54, 1.807) is 0 Å². The van der Waals surface area contributed by atoms with Crippen LogP contribution in [-0.4, -0.2) is 30.4 Å². The number of carbonyl (C=O) groups is 1. The summed E-state index contributed by atoms with van der Waals surface area (Å²) in [6.07, 6.45) is 0.899. The maximum absolute atomic E-state index is 11.3. The molecule has 0 saturated heterocycles. The Bertz CT molecular complexity index is 508. The maximum atomic E-state index is 11.3. The number of phenols is 1. The summed E-state index contributed by atoms with van der Waals surface area (Å²) in [7, 11) is 2.82. The van der Waals surface area contributed by atoms with E-state index >= 15 is 0 Å². The first-order chi connectivity index (χ1) is 8.47. The molecule has 0 unspecified atom stereocenters. The van der Waals surface area contributed by atoms with Gasteiger partial charge in [-0.3, -0.25) is 4.79 Å². The lowest BCUT2D eigenvalue weighted by Crippen LogP contribution is -2.20. The molecule has 0 amide bonds. The minimum atomic E-state index is -1.10. The van der Waals surface area contributed by atoms with Crippen LogP contribution < -0.4 is 9.47 Å². The van der Waals surface area contributed by atoms with Crippen molar-refractivity contribution in [3.05, 3.63) is 16.7 Å². The van der Waals surface area contributed by atoms with Crippen LogP contribution in [0.3, 0.4) is 0 Å². The molecule has 5 nitrogen and oxygen atoms in total. The molecule has 0 radical (unpaired) electrons. The molecular formula is C12H13ClO5. The van der Waals surface area contributed by atoms with Crippen molar-refractivity contribution in [2.45, 2.75) is 18.3 Å². The van der Waals surface area contributed by atoms with Gasteiger partial charge in [0, 0.05) is 11.6 Å². The fraction of sp³-hybridized carbons (Fsp3) is 0.417. The molecule has 6 heteroatoms. The van der Waals surface area contributed by atoms with Gasteiger partial charge in [0.25, 0.3) is 0 Å². The molecule has 1 fully saturated rings. The van der Waals surface area contributed by atoms with Crippen LogP contribution in [0.15, 0.2) is 6.07 Å². The van der Waals surface area contributed by atoms with E-state index in [2.05, 4.69) is 0 Å². The van der Waals surface area contributed by atoms with E-state index < -0.39 is 11.4 Å². The van der Waals surface area contributed by atoms with Crippen molar-refractivity contribution in [3.63, 3.8) is 0 Å². The van der Waals surface area contributed by atoms with Crippen molar-refractivity contribution in [2.75, 3.05) is 14.2 Å². The summed E-state index contributed by atoms with van der Waals surface area (Å²) in [5, 5.41) is 19.3. The van der Waals surface area contributed by atoms with Crippen LogP contribution in [0.2, 0.25) is 5.02 Å². The highest BCUT2D eigenvalue weighted by Gasteiger charge is 2.55. The number of phenolic OH excluding ortho intramolecular Hbond substituents is 1. The summed E-state index contributed by atoms with van der Waals surface area (Å²) in [6, 6.07) is 1.32. The zero-order valence-corrected chi connectivity index (χ0v) is 10.7. The molecule has 2 N–H and O–H groups in total. The van der Waals surface area contributed by atoms with Gasteiger partial charge in [-0.15, -0.1) is 0 Å². The Kier molecular flexibility index (Phi) is 3.02. The summed E-state index contributed by atoms with van der Waals surface area (Å²) in [5.41, 5.74) is -0.893. The third-order valence-electron chi connectivity index (χ3n) is 3.23. The number of methoxy groups -OCH3 is 2. The molecule has 0 aromatic heterocycles. The zero-order valence-electron chi connectivity index (χ0n) is 9.99. The molecule has 0 heterocycles. The van der Waals surface area contributed by atoms with Gasteiger partial charge in [-0.2, -0.15) is 0 Å². The van der Waals surface area contributed by atoms with E-state index in [1.807, 2.05) is 0 Å². The number of hydrogen-bond donors (Lipinski definition) is 2. The summed E-state index contributed by atoms with van der Waals surface area (Å²) < 4.78 is 10.1. The molecule has 0 aliphatic heterocycles. The van der Waals surface area contributed by atoms with Gasteiger partial charge < -0.3 is 19.7 Å². The maximum Gasteiger partial charge on any atom is 0.314 e. The first kappa shape index (κ1) is 12.8. The summed E-state index contributed by atoms with van der Waals surface area (Å²) >= 11 is 6.14. The average Bonchev–Trinajstić information content (AvgIpc) is 3.09. The topological polar surface area (TPSA) is 76.0 Å². The molecule has 1 aliphatic carbocycles. The molecule has 0 bridgehead atoms. The molecule has 98 valence electrons. The van der Waals surface area contributed by atoms with Crippen LogP contribution in [0.25, 0.3) is 0 Å². The predicted molar refractivity (Wildman–Crippen MR) is 64.8 cm³/mol. The van der Waals surface area contributed by atoms with Gasteiger partial charge in [0.2, 0.25) is 0 Å². The third kappa shape index (κ3) is 1.66. The van der Waals surface area contributed by atoms with Crippen molar-refractivity contribution >= 4 is 17.6 Å². The van der Waals surface area contributed by atoms with Crippen LogP contribution in [0.5, 0.6) is 17.2 Å². The second-order valence-corrected chi connectivity index (χ2v) is 4.59. The van der Waals surface area contributed by atoms with E-state index in [0.29, 0.717) is 12.8 Å². The Labute approximate surface area is 109 Å². The number of benzene rings is 1. The molecule has 2 rings (SSSR count). The number of carboxylic acids is 1. The summed E-state index contributed by atoms with van der Waals surface area (Å²) in [5.74, 6) is -0.672. The first-order valence-corrected chi connectivity index (χ1v) is 5.73. The Morgan fingerprint density at radius 1 is 1.39 bits per heavy atom. The van der Waals surface area contributed by atoms with Gasteiger partial charge in [0.1, 0.15) is 5.75 Å². The Hall–Kier alpha value is -1.62. The lowest BCUT2D eigenvalue weighted by molar-refractivity contribution is -0.140. The molecule has 1 aromatic rings. The van der Waals surface area contributed by atoms with Gasteiger partial charge >= 0.3 is 5.97 Å². The lowest BCUT2D eigenvalue weighted by atomic mass is 9.94. The fourth-order valence-electron chi connectivity index (χ4n) is 2.09. The van der Waals surface area contributed by atoms with E-state index in [4.69, 9.17) is 21.1 Å². The molecule has 0 atom stereocenters. The standard InChI is InChI=1S/C12H13ClO5/c1-17-7-5-6(14)8(9(13)10(7)18-2)12(3-4-12)11(15)16/h5,14H,3-4H2,1-2H3,(H,15,16). The van der Waals surface area contributed by atoms with E-state index in [0.717, 1.165) is 0 Å². The highest BCUT2D eigenvalue weighted by molar-refractivity contribution is 6.34. The highest BCUT2D eigenvalue weighted by Crippen LogP contribution is 2.57. The van der Waals surface area contributed by atoms with E-state index in [-0.39, 0.29) is 27.8 Å². The van der Waals surface area contributed by atoms with Crippen molar-refractivity contribution in [1.82, 2.24) is 0 Å². The molecule has 18 heavy (non-hydrogen) atoms. The molecule has 1 aromatic carbocycles. The molecule has 1 aliphatic rings. The van der Waals surface area contributed by atoms with E-state index in [1.165, 1.54) is 20.3 Å². The number of halogens is 1. The van der Waals surface area contributed by atoms with Crippen LogP contribution in [-0.2, 0) is 10.2 Å². The Balaban J connectivity index is 2.66. The van der Waals surface area contributed by atoms with Gasteiger partial charge in [-0.25, -0.2) is 0 Å². The number of rotatable bonds is 4. The zero-order chi connectivity index (χ0) is 13.5. The van der Waals surface area contributed by atoms with Gasteiger partial charge in [0.05, 0.1) is 24.7 Å². The van der Waals surface area contributed by atoms with Gasteiger partial charge in [-0.05, 0) is 12.8 Å². The van der Waals surface area contributed by atoms with Crippen molar-refractivity contribution < 1.29 is 24.5 Å². The smallest absolute Gasteiger partial charge is 0.314 e.